The molecule has 0 unspecified atom stereocenters. The van der Waals surface area contributed by atoms with Crippen LogP contribution in [0.25, 0.3) is 16.0 Å². The Hall–Kier alpha value is -2.78. The predicted molar refractivity (Wildman–Crippen MR) is 127 cm³/mol. The number of nitrogens with zero attached hydrogens (tertiary/aromatic N) is 2. The van der Waals surface area contributed by atoms with Crippen molar-refractivity contribution in [3.05, 3.63) is 96.7 Å². The van der Waals surface area contributed by atoms with Crippen LogP contribution < -0.4 is 0 Å². The van der Waals surface area contributed by atoms with Crippen LogP contribution in [0, 0.1) is 0 Å². The molecule has 0 aliphatic carbocycles. The first-order valence-electron chi connectivity index (χ1n) is 9.51. The lowest BCUT2D eigenvalue weighted by Gasteiger charge is -2.02. The number of hydrogen-bond acceptors (Lipinski definition) is 3. The van der Waals surface area contributed by atoms with Gasteiger partial charge in [-0.2, -0.15) is 0 Å². The van der Waals surface area contributed by atoms with Crippen LogP contribution in [0.3, 0.4) is 0 Å². The summed E-state index contributed by atoms with van der Waals surface area (Å²) in [7, 11) is 1.76. The fourth-order valence-corrected chi connectivity index (χ4v) is 3.08. The van der Waals surface area contributed by atoms with Crippen molar-refractivity contribution in [3.63, 3.8) is 0 Å². The minimum atomic E-state index is 0.867. The number of pyridine rings is 1. The van der Waals surface area contributed by atoms with E-state index in [1.54, 1.807) is 30.7 Å². The van der Waals surface area contributed by atoms with Gasteiger partial charge in [-0.3, -0.25) is 9.98 Å². The van der Waals surface area contributed by atoms with E-state index in [-0.39, 0.29) is 0 Å². The van der Waals surface area contributed by atoms with E-state index in [1.165, 1.54) is 16.0 Å². The zero-order chi connectivity index (χ0) is 20.8. The molecule has 3 heteroatoms. The van der Waals surface area contributed by atoms with Crippen LogP contribution >= 0.6 is 11.3 Å². The van der Waals surface area contributed by atoms with Crippen LogP contribution in [0.2, 0.25) is 0 Å². The first kappa shape index (κ1) is 23.3. The maximum absolute atomic E-state index is 4.24. The summed E-state index contributed by atoms with van der Waals surface area (Å²) in [5.74, 6) is 0. The topological polar surface area (TPSA) is 25.2 Å². The normalized spacial score (nSPS) is 10.1. The molecule has 0 radical (unpaired) electrons. The second kappa shape index (κ2) is 13.4. The lowest BCUT2D eigenvalue weighted by molar-refractivity contribution is 1.24. The predicted octanol–water partition coefficient (Wildman–Crippen LogP) is 7.55. The average molecular weight is 391 g/mol. The fourth-order valence-electron chi connectivity index (χ4n) is 2.37. The van der Waals surface area contributed by atoms with Crippen molar-refractivity contribution in [2.45, 2.75) is 27.2 Å². The number of benzene rings is 1. The summed E-state index contributed by atoms with van der Waals surface area (Å²) in [5.41, 5.74) is 5.45. The molecule has 0 saturated heterocycles. The quantitative estimate of drug-likeness (QED) is 0.413. The van der Waals surface area contributed by atoms with Crippen LogP contribution in [0.5, 0.6) is 0 Å². The standard InChI is InChI=1S/C13H12N2S.C10H12.C2H6/c1-3-12(14-2)10-7-11(9-15-8-10)13-5-4-6-16-13;1-3-9(2)10-7-5-4-6-8-10;1-2/h3-9H,1H2,2H3;4-8H,2-3H2,1H3;1-2H3. The first-order chi connectivity index (χ1) is 13.7. The van der Waals surface area contributed by atoms with E-state index < -0.39 is 0 Å². The minimum absolute atomic E-state index is 0.867. The molecule has 0 aliphatic rings. The van der Waals surface area contributed by atoms with Crippen LogP contribution in [0.4, 0.5) is 0 Å². The van der Waals surface area contributed by atoms with Gasteiger partial charge in [0.2, 0.25) is 0 Å². The van der Waals surface area contributed by atoms with Gasteiger partial charge in [-0.15, -0.1) is 11.3 Å². The maximum atomic E-state index is 4.24. The Morgan fingerprint density at radius 1 is 1.07 bits per heavy atom. The highest BCUT2D eigenvalue weighted by molar-refractivity contribution is 7.13. The second-order valence-corrected chi connectivity index (χ2v) is 6.52. The van der Waals surface area contributed by atoms with Crippen LogP contribution in [0.15, 0.2) is 90.5 Å². The molecule has 1 aromatic carbocycles. The Bertz CT molecular complexity index is 863. The number of rotatable bonds is 5. The molecule has 3 aromatic rings. The molecule has 0 amide bonds. The summed E-state index contributed by atoms with van der Waals surface area (Å²) >= 11 is 1.71. The van der Waals surface area contributed by atoms with Gasteiger partial charge in [-0.25, -0.2) is 0 Å². The molecule has 0 spiro atoms. The monoisotopic (exact) mass is 390 g/mol. The molecule has 0 atom stereocenters. The molecular weight excluding hydrogens is 360 g/mol. The Labute approximate surface area is 174 Å². The van der Waals surface area contributed by atoms with Crippen molar-refractivity contribution in [2.75, 3.05) is 7.05 Å². The Morgan fingerprint density at radius 3 is 2.32 bits per heavy atom. The zero-order valence-electron chi connectivity index (χ0n) is 17.4. The third-order valence-corrected chi connectivity index (χ3v) is 4.80. The molecule has 0 fully saturated rings. The lowest BCUT2D eigenvalue weighted by atomic mass is 10.1. The van der Waals surface area contributed by atoms with Crippen molar-refractivity contribution in [1.82, 2.24) is 4.98 Å². The number of aromatic nitrogens is 1. The molecule has 28 heavy (non-hydrogen) atoms. The summed E-state index contributed by atoms with van der Waals surface area (Å²) < 4.78 is 0. The Morgan fingerprint density at radius 2 is 1.79 bits per heavy atom. The van der Waals surface area contributed by atoms with E-state index in [4.69, 9.17) is 0 Å². The van der Waals surface area contributed by atoms with Crippen LogP contribution in [-0.4, -0.2) is 17.7 Å². The van der Waals surface area contributed by atoms with E-state index in [2.05, 4.69) is 59.7 Å². The van der Waals surface area contributed by atoms with Crippen molar-refractivity contribution >= 4 is 22.6 Å². The van der Waals surface area contributed by atoms with Crippen LogP contribution in [0.1, 0.15) is 38.3 Å². The maximum Gasteiger partial charge on any atom is 0.0652 e. The van der Waals surface area contributed by atoms with Gasteiger partial charge in [-0.05, 0) is 41.1 Å². The molecule has 2 aromatic heterocycles. The van der Waals surface area contributed by atoms with Gasteiger partial charge in [0.05, 0.1) is 5.71 Å². The van der Waals surface area contributed by atoms with Gasteiger partial charge in [0, 0.05) is 35.4 Å². The summed E-state index contributed by atoms with van der Waals surface area (Å²) in [6.45, 7) is 13.8. The van der Waals surface area contributed by atoms with Crippen LogP contribution in [-0.2, 0) is 0 Å². The SMILES string of the molecule is C=C(CC)c1ccccc1.C=CC(=NC)c1cncc(-c2cccs2)c1.CC. The molecule has 146 valence electrons. The van der Waals surface area contributed by atoms with E-state index in [9.17, 15) is 0 Å². The highest BCUT2D eigenvalue weighted by Gasteiger charge is 2.03. The average Bonchev–Trinajstić information content (AvgIpc) is 3.32. The first-order valence-corrected chi connectivity index (χ1v) is 10.4. The molecule has 2 heterocycles. The van der Waals surface area contributed by atoms with Gasteiger partial charge >= 0.3 is 0 Å². The van der Waals surface area contributed by atoms with Crippen molar-refractivity contribution in [3.8, 4) is 10.4 Å². The molecule has 0 aliphatic heterocycles. The Balaban J connectivity index is 0.000000281. The summed E-state index contributed by atoms with van der Waals surface area (Å²) in [5, 5.41) is 2.06. The second-order valence-electron chi connectivity index (χ2n) is 5.58. The number of thiophene rings is 1. The number of allylic oxidation sites excluding steroid dienone is 2. The molecule has 0 N–H and O–H groups in total. The van der Waals surface area contributed by atoms with Gasteiger partial charge in [0.25, 0.3) is 0 Å². The summed E-state index contributed by atoms with van der Waals surface area (Å²) in [6.07, 6.45) is 6.45. The highest BCUT2D eigenvalue weighted by atomic mass is 32.1. The smallest absolute Gasteiger partial charge is 0.0652 e. The van der Waals surface area contributed by atoms with Crippen molar-refractivity contribution < 1.29 is 0 Å². The van der Waals surface area contributed by atoms with E-state index >= 15 is 0 Å². The Kier molecular flexibility index (Phi) is 11.1. The molecular formula is C25H30N2S. The largest absolute Gasteiger partial charge is 0.288 e. The number of aliphatic imine (C=N–C) groups is 1. The van der Waals surface area contributed by atoms with Gasteiger partial charge in [0.15, 0.2) is 0 Å². The molecule has 0 saturated carbocycles. The third kappa shape index (κ3) is 7.09. The molecule has 0 bridgehead atoms. The van der Waals surface area contributed by atoms with E-state index in [0.717, 1.165) is 23.3 Å². The molecule has 2 nitrogen and oxygen atoms in total. The highest BCUT2D eigenvalue weighted by Crippen LogP contribution is 2.24. The van der Waals surface area contributed by atoms with E-state index in [1.807, 2.05) is 44.3 Å². The summed E-state index contributed by atoms with van der Waals surface area (Å²) in [6, 6.07) is 16.5. The minimum Gasteiger partial charge on any atom is -0.288 e. The fraction of sp³-hybridized carbons (Fsp3) is 0.200. The van der Waals surface area contributed by atoms with Gasteiger partial charge in [-0.1, -0.05) is 70.3 Å². The van der Waals surface area contributed by atoms with Gasteiger partial charge < -0.3 is 0 Å². The zero-order valence-corrected chi connectivity index (χ0v) is 18.2. The summed E-state index contributed by atoms with van der Waals surface area (Å²) in [4.78, 5) is 9.61. The third-order valence-electron chi connectivity index (χ3n) is 3.88. The van der Waals surface area contributed by atoms with Crippen molar-refractivity contribution in [1.29, 1.82) is 0 Å². The van der Waals surface area contributed by atoms with Gasteiger partial charge in [0.1, 0.15) is 0 Å². The molecule has 3 rings (SSSR count). The lowest BCUT2D eigenvalue weighted by Crippen LogP contribution is -1.97. The number of hydrogen-bond donors (Lipinski definition) is 0. The van der Waals surface area contributed by atoms with E-state index in [0.29, 0.717) is 0 Å². The van der Waals surface area contributed by atoms with Crippen molar-refractivity contribution in [2.24, 2.45) is 4.99 Å².